The van der Waals surface area contributed by atoms with Gasteiger partial charge in [-0.1, -0.05) is 18.2 Å². The normalized spacial score (nSPS) is 29.2. The first kappa shape index (κ1) is 11.2. The molecule has 1 aromatic carbocycles. The Bertz CT molecular complexity index is 655. The molecule has 4 rings (SSSR count). The van der Waals surface area contributed by atoms with Gasteiger partial charge in [0.15, 0.2) is 5.76 Å². The zero-order chi connectivity index (χ0) is 13.0. The fourth-order valence-electron chi connectivity index (χ4n) is 3.43. The molecule has 19 heavy (non-hydrogen) atoms. The van der Waals surface area contributed by atoms with Crippen molar-refractivity contribution in [3.8, 4) is 0 Å². The van der Waals surface area contributed by atoms with Crippen molar-refractivity contribution >= 4 is 16.8 Å². The van der Waals surface area contributed by atoms with Gasteiger partial charge < -0.3 is 9.15 Å². The van der Waals surface area contributed by atoms with Crippen molar-refractivity contribution in [2.24, 2.45) is 5.92 Å². The van der Waals surface area contributed by atoms with E-state index in [4.69, 9.17) is 9.15 Å². The summed E-state index contributed by atoms with van der Waals surface area (Å²) in [5, 5.41) is 1.01. The van der Waals surface area contributed by atoms with Crippen molar-refractivity contribution in [3.63, 3.8) is 0 Å². The Labute approximate surface area is 111 Å². The van der Waals surface area contributed by atoms with Gasteiger partial charge >= 0.3 is 0 Å². The van der Waals surface area contributed by atoms with Crippen LogP contribution in [0.3, 0.4) is 0 Å². The molecule has 0 N–H and O–H groups in total. The van der Waals surface area contributed by atoms with Crippen LogP contribution in [0.15, 0.2) is 28.7 Å². The Morgan fingerprint density at radius 3 is 2.89 bits per heavy atom. The smallest absolute Gasteiger partial charge is 0.203 e. The van der Waals surface area contributed by atoms with Crippen LogP contribution >= 0.6 is 0 Å². The molecule has 0 spiro atoms. The highest BCUT2D eigenvalue weighted by molar-refractivity contribution is 6.00. The number of ether oxygens (including phenoxy) is 1. The summed E-state index contributed by atoms with van der Waals surface area (Å²) in [7, 11) is 0. The Balaban J connectivity index is 1.70. The first-order valence-electron chi connectivity index (χ1n) is 6.91. The summed E-state index contributed by atoms with van der Waals surface area (Å²) in [6, 6.07) is 7.85. The molecule has 1 aromatic heterocycles. The van der Waals surface area contributed by atoms with Crippen LogP contribution in [0.2, 0.25) is 0 Å². The molecule has 2 bridgehead atoms. The minimum atomic E-state index is -0.000353. The maximum atomic E-state index is 12.5. The summed E-state index contributed by atoms with van der Waals surface area (Å²) in [5.41, 5.74) is 1.90. The Kier molecular flexibility index (Phi) is 2.33. The number of rotatable bonds is 2. The van der Waals surface area contributed by atoms with Gasteiger partial charge in [-0.15, -0.1) is 0 Å². The Morgan fingerprint density at radius 2 is 2.21 bits per heavy atom. The average Bonchev–Trinajstić information content (AvgIpc) is 3.12. The standard InChI is InChI=1S/C16H16O3/c1-9-3-2-4-10-7-14(19-16(9)10)15(17)12-8-11-5-6-13(12)18-11/h2-4,7,11-13H,5-6,8H2,1H3. The molecular weight excluding hydrogens is 240 g/mol. The van der Waals surface area contributed by atoms with E-state index in [9.17, 15) is 4.79 Å². The highest BCUT2D eigenvalue weighted by Crippen LogP contribution is 2.40. The molecule has 3 unspecified atom stereocenters. The van der Waals surface area contributed by atoms with Crippen molar-refractivity contribution in [3.05, 3.63) is 35.6 Å². The van der Waals surface area contributed by atoms with Crippen LogP contribution in [0.4, 0.5) is 0 Å². The maximum Gasteiger partial charge on any atom is 0.203 e. The number of carbonyl (C=O) groups excluding carboxylic acids is 1. The van der Waals surface area contributed by atoms with E-state index in [1.54, 1.807) is 0 Å². The first-order chi connectivity index (χ1) is 9.22. The zero-order valence-corrected chi connectivity index (χ0v) is 10.9. The topological polar surface area (TPSA) is 39.4 Å². The molecule has 3 heterocycles. The van der Waals surface area contributed by atoms with Crippen LogP contribution in [0.5, 0.6) is 0 Å². The van der Waals surface area contributed by atoms with Crippen LogP contribution in [0, 0.1) is 12.8 Å². The minimum Gasteiger partial charge on any atom is -0.453 e. The SMILES string of the molecule is Cc1cccc2cc(C(=O)C3CC4CCC3O4)oc12. The molecule has 0 aliphatic carbocycles. The molecule has 0 radical (unpaired) electrons. The number of carbonyl (C=O) groups is 1. The molecule has 2 aromatic rings. The van der Waals surface area contributed by atoms with E-state index < -0.39 is 0 Å². The number of Topliss-reactive ketones (excluding diaryl/α,β-unsaturated/α-hetero) is 1. The molecule has 0 saturated carbocycles. The molecule has 3 nitrogen and oxygen atoms in total. The largest absolute Gasteiger partial charge is 0.453 e. The van der Waals surface area contributed by atoms with Crippen LogP contribution in [-0.2, 0) is 4.74 Å². The molecule has 2 aliphatic rings. The number of ketones is 1. The summed E-state index contributed by atoms with van der Waals surface area (Å²) < 4.78 is 11.5. The predicted octanol–water partition coefficient (Wildman–Crippen LogP) is 3.49. The number of aryl methyl sites for hydroxylation is 1. The quantitative estimate of drug-likeness (QED) is 0.772. The van der Waals surface area contributed by atoms with E-state index in [2.05, 4.69) is 0 Å². The van der Waals surface area contributed by atoms with Gasteiger partial charge in [-0.2, -0.15) is 0 Å². The number of furan rings is 1. The van der Waals surface area contributed by atoms with Crippen molar-refractivity contribution in [2.75, 3.05) is 0 Å². The minimum absolute atomic E-state index is 0.000353. The second-order valence-corrected chi connectivity index (χ2v) is 5.68. The predicted molar refractivity (Wildman–Crippen MR) is 71.3 cm³/mol. The zero-order valence-electron chi connectivity index (χ0n) is 10.9. The van der Waals surface area contributed by atoms with E-state index in [-0.39, 0.29) is 17.8 Å². The van der Waals surface area contributed by atoms with Gasteiger partial charge in [0.05, 0.1) is 18.1 Å². The van der Waals surface area contributed by atoms with Gasteiger partial charge in [-0.25, -0.2) is 0 Å². The van der Waals surface area contributed by atoms with E-state index in [1.807, 2.05) is 31.2 Å². The lowest BCUT2D eigenvalue weighted by molar-refractivity contribution is 0.0724. The molecular formula is C16H16O3. The molecule has 2 fully saturated rings. The number of benzene rings is 1. The van der Waals surface area contributed by atoms with Gasteiger partial charge in [-0.05, 0) is 37.8 Å². The monoisotopic (exact) mass is 256 g/mol. The molecule has 3 heteroatoms. The molecule has 2 saturated heterocycles. The Morgan fingerprint density at radius 1 is 1.32 bits per heavy atom. The fourth-order valence-corrected chi connectivity index (χ4v) is 3.43. The first-order valence-corrected chi connectivity index (χ1v) is 6.91. The number of fused-ring (bicyclic) bond motifs is 3. The summed E-state index contributed by atoms with van der Waals surface area (Å²) in [6.07, 6.45) is 3.39. The van der Waals surface area contributed by atoms with E-state index >= 15 is 0 Å². The second-order valence-electron chi connectivity index (χ2n) is 5.68. The molecule has 2 aliphatic heterocycles. The fraction of sp³-hybridized carbons (Fsp3) is 0.438. The van der Waals surface area contributed by atoms with E-state index in [0.29, 0.717) is 11.9 Å². The van der Waals surface area contributed by atoms with E-state index in [0.717, 1.165) is 35.8 Å². The third-order valence-electron chi connectivity index (χ3n) is 4.43. The van der Waals surface area contributed by atoms with Crippen molar-refractivity contribution < 1.29 is 13.9 Å². The lowest BCUT2D eigenvalue weighted by Crippen LogP contribution is -2.25. The lowest BCUT2D eigenvalue weighted by atomic mass is 9.85. The van der Waals surface area contributed by atoms with Gasteiger partial charge in [0.25, 0.3) is 0 Å². The highest BCUT2D eigenvalue weighted by Gasteiger charge is 2.45. The van der Waals surface area contributed by atoms with Crippen LogP contribution in [-0.4, -0.2) is 18.0 Å². The Hall–Kier alpha value is -1.61. The van der Waals surface area contributed by atoms with Gasteiger partial charge in [0, 0.05) is 5.39 Å². The summed E-state index contributed by atoms with van der Waals surface area (Å²) in [4.78, 5) is 12.5. The van der Waals surface area contributed by atoms with Gasteiger partial charge in [0.2, 0.25) is 5.78 Å². The second kappa shape index (κ2) is 3.94. The summed E-state index contributed by atoms with van der Waals surface area (Å²) >= 11 is 0. The molecule has 98 valence electrons. The van der Waals surface area contributed by atoms with Crippen molar-refractivity contribution in [2.45, 2.75) is 38.4 Å². The summed E-state index contributed by atoms with van der Waals surface area (Å²) in [6.45, 7) is 2.00. The van der Waals surface area contributed by atoms with Crippen LogP contribution in [0.1, 0.15) is 35.4 Å². The van der Waals surface area contributed by atoms with Gasteiger partial charge in [0.1, 0.15) is 5.58 Å². The van der Waals surface area contributed by atoms with Gasteiger partial charge in [-0.3, -0.25) is 4.79 Å². The van der Waals surface area contributed by atoms with Crippen molar-refractivity contribution in [1.29, 1.82) is 0 Å². The molecule has 3 atom stereocenters. The number of hydrogen-bond donors (Lipinski definition) is 0. The highest BCUT2D eigenvalue weighted by atomic mass is 16.5. The third kappa shape index (κ3) is 1.65. The molecule has 0 amide bonds. The summed E-state index contributed by atoms with van der Waals surface area (Å²) in [5.74, 6) is 0.605. The van der Waals surface area contributed by atoms with Crippen LogP contribution < -0.4 is 0 Å². The van der Waals surface area contributed by atoms with Crippen LogP contribution in [0.25, 0.3) is 11.0 Å². The maximum absolute atomic E-state index is 12.5. The lowest BCUT2D eigenvalue weighted by Gasteiger charge is -2.15. The van der Waals surface area contributed by atoms with Crippen molar-refractivity contribution in [1.82, 2.24) is 0 Å². The number of hydrogen-bond acceptors (Lipinski definition) is 3. The number of para-hydroxylation sites is 1. The van der Waals surface area contributed by atoms with E-state index in [1.165, 1.54) is 0 Å². The third-order valence-corrected chi connectivity index (χ3v) is 4.43. The average molecular weight is 256 g/mol.